The molecule has 0 aromatic heterocycles. The third kappa shape index (κ3) is 10.5. The van der Waals surface area contributed by atoms with Gasteiger partial charge in [0, 0.05) is 31.1 Å². The van der Waals surface area contributed by atoms with E-state index in [1.54, 1.807) is 0 Å². The van der Waals surface area contributed by atoms with Crippen LogP contribution in [0.1, 0.15) is 109 Å². The summed E-state index contributed by atoms with van der Waals surface area (Å²) in [5.74, 6) is 0. The lowest BCUT2D eigenvalue weighted by Gasteiger charge is -2.33. The Kier molecular flexibility index (Phi) is 13.5. The standard InChI is InChI=1S/C33H50N2/c1-2-3-4-5-6-7-8-9-10-11-12-13-14-15-22-27-34-28-29-35(32-25-20-17-21-26-32)33(34)30-31-23-18-16-19-24-31/h16-21,23-26,28-29,33H,2-15,22,27,30H2,1H3. The molecule has 2 nitrogen and oxygen atoms in total. The van der Waals surface area contributed by atoms with E-state index in [-0.39, 0.29) is 0 Å². The number of para-hydroxylation sites is 1. The Bertz CT molecular complexity index is 785. The highest BCUT2D eigenvalue weighted by atomic mass is 15.4. The minimum Gasteiger partial charge on any atom is -0.355 e. The Morgan fingerprint density at radius 2 is 1.03 bits per heavy atom. The summed E-state index contributed by atoms with van der Waals surface area (Å²) in [5, 5.41) is 0. The molecule has 3 rings (SSSR count). The van der Waals surface area contributed by atoms with Crippen LogP contribution in [-0.2, 0) is 6.42 Å². The second kappa shape index (κ2) is 17.2. The average molecular weight is 475 g/mol. The van der Waals surface area contributed by atoms with Crippen LogP contribution in [0.25, 0.3) is 0 Å². The van der Waals surface area contributed by atoms with Crippen LogP contribution in [0, 0.1) is 0 Å². The van der Waals surface area contributed by atoms with Crippen molar-refractivity contribution in [3.63, 3.8) is 0 Å². The number of benzene rings is 2. The molecule has 1 atom stereocenters. The Morgan fingerprint density at radius 3 is 1.57 bits per heavy atom. The molecule has 0 radical (unpaired) electrons. The highest BCUT2D eigenvalue weighted by molar-refractivity contribution is 5.51. The molecule has 1 unspecified atom stereocenters. The third-order valence-corrected chi connectivity index (χ3v) is 7.46. The topological polar surface area (TPSA) is 6.48 Å². The molecular weight excluding hydrogens is 424 g/mol. The van der Waals surface area contributed by atoms with E-state index in [2.05, 4.69) is 89.8 Å². The van der Waals surface area contributed by atoms with E-state index in [0.717, 1.165) is 13.0 Å². The van der Waals surface area contributed by atoms with Gasteiger partial charge in [0.05, 0.1) is 0 Å². The molecule has 1 aliphatic heterocycles. The lowest BCUT2D eigenvalue weighted by molar-refractivity contribution is 0.290. The van der Waals surface area contributed by atoms with E-state index in [1.165, 1.54) is 108 Å². The lowest BCUT2D eigenvalue weighted by Crippen LogP contribution is -2.40. The number of hydrogen-bond donors (Lipinski definition) is 0. The van der Waals surface area contributed by atoms with E-state index in [4.69, 9.17) is 0 Å². The third-order valence-electron chi connectivity index (χ3n) is 7.46. The normalized spacial score (nSPS) is 15.3. The zero-order valence-corrected chi connectivity index (χ0v) is 22.4. The summed E-state index contributed by atoms with van der Waals surface area (Å²) >= 11 is 0. The van der Waals surface area contributed by atoms with Crippen LogP contribution in [0.5, 0.6) is 0 Å². The van der Waals surface area contributed by atoms with Gasteiger partial charge in [-0.05, 0) is 24.1 Å². The second-order valence-corrected chi connectivity index (χ2v) is 10.4. The highest BCUT2D eigenvalue weighted by Crippen LogP contribution is 2.27. The van der Waals surface area contributed by atoms with Gasteiger partial charge in [0.2, 0.25) is 0 Å². The molecule has 0 bridgehead atoms. The van der Waals surface area contributed by atoms with Gasteiger partial charge >= 0.3 is 0 Å². The van der Waals surface area contributed by atoms with Gasteiger partial charge in [0.25, 0.3) is 0 Å². The first-order chi connectivity index (χ1) is 17.4. The Morgan fingerprint density at radius 1 is 0.543 bits per heavy atom. The number of nitrogens with zero attached hydrogens (tertiary/aromatic N) is 2. The van der Waals surface area contributed by atoms with Gasteiger partial charge in [-0.25, -0.2) is 0 Å². The maximum Gasteiger partial charge on any atom is 0.109 e. The van der Waals surface area contributed by atoms with Crippen LogP contribution in [0.3, 0.4) is 0 Å². The van der Waals surface area contributed by atoms with E-state index < -0.39 is 0 Å². The van der Waals surface area contributed by atoms with Crippen molar-refractivity contribution < 1.29 is 0 Å². The van der Waals surface area contributed by atoms with Crippen LogP contribution in [-0.4, -0.2) is 17.6 Å². The predicted octanol–water partition coefficient (Wildman–Crippen LogP) is 9.72. The zero-order chi connectivity index (χ0) is 24.4. The molecule has 2 heteroatoms. The molecule has 0 aliphatic carbocycles. The van der Waals surface area contributed by atoms with Gasteiger partial charge in [-0.3, -0.25) is 0 Å². The molecule has 0 fully saturated rings. The molecule has 2 aromatic carbocycles. The summed E-state index contributed by atoms with van der Waals surface area (Å²) in [6.45, 7) is 3.45. The van der Waals surface area contributed by atoms with Crippen LogP contribution >= 0.6 is 0 Å². The molecule has 2 aromatic rings. The van der Waals surface area contributed by atoms with Crippen LogP contribution in [0.4, 0.5) is 5.69 Å². The SMILES string of the molecule is CCCCCCCCCCCCCCCCCN1C=CN(c2ccccc2)C1Cc1ccccc1. The Hall–Kier alpha value is -2.22. The molecule has 0 amide bonds. The van der Waals surface area contributed by atoms with Crippen molar-refractivity contribution in [2.24, 2.45) is 0 Å². The van der Waals surface area contributed by atoms with Gasteiger partial charge in [0.15, 0.2) is 0 Å². The monoisotopic (exact) mass is 474 g/mol. The van der Waals surface area contributed by atoms with Gasteiger partial charge in [-0.15, -0.1) is 0 Å². The minimum absolute atomic E-state index is 0.367. The quantitative estimate of drug-likeness (QED) is 0.187. The maximum atomic E-state index is 2.56. The molecular formula is C33H50N2. The first-order valence-electron chi connectivity index (χ1n) is 14.7. The molecule has 192 valence electrons. The van der Waals surface area contributed by atoms with Crippen molar-refractivity contribution in [2.45, 2.75) is 116 Å². The summed E-state index contributed by atoms with van der Waals surface area (Å²) in [5.41, 5.74) is 2.69. The van der Waals surface area contributed by atoms with E-state index >= 15 is 0 Å². The van der Waals surface area contributed by atoms with Crippen LogP contribution in [0.15, 0.2) is 73.1 Å². The highest BCUT2D eigenvalue weighted by Gasteiger charge is 2.27. The van der Waals surface area contributed by atoms with Gasteiger partial charge in [-0.1, -0.05) is 145 Å². The fourth-order valence-electron chi connectivity index (χ4n) is 5.30. The molecule has 0 spiro atoms. The molecule has 0 saturated carbocycles. The molecule has 35 heavy (non-hydrogen) atoms. The van der Waals surface area contributed by atoms with Gasteiger partial charge < -0.3 is 9.80 Å². The average Bonchev–Trinajstić information content (AvgIpc) is 3.29. The second-order valence-electron chi connectivity index (χ2n) is 10.4. The largest absolute Gasteiger partial charge is 0.355 e. The number of anilines is 1. The summed E-state index contributed by atoms with van der Waals surface area (Å²) in [4.78, 5) is 5.00. The molecule has 0 N–H and O–H groups in total. The van der Waals surface area contributed by atoms with Crippen molar-refractivity contribution >= 4 is 5.69 Å². The Labute approximate surface area is 216 Å². The van der Waals surface area contributed by atoms with Gasteiger partial charge in [0.1, 0.15) is 6.17 Å². The van der Waals surface area contributed by atoms with E-state index in [1.807, 2.05) is 0 Å². The number of hydrogen-bond acceptors (Lipinski definition) is 2. The van der Waals surface area contributed by atoms with E-state index in [0.29, 0.717) is 6.17 Å². The molecule has 1 aliphatic rings. The van der Waals surface area contributed by atoms with Crippen molar-refractivity contribution in [3.05, 3.63) is 78.6 Å². The fraction of sp³-hybridized carbons (Fsp3) is 0.576. The first kappa shape index (κ1) is 27.4. The summed E-state index contributed by atoms with van der Waals surface area (Å²) in [7, 11) is 0. The van der Waals surface area contributed by atoms with Crippen molar-refractivity contribution in [1.82, 2.24) is 4.90 Å². The predicted molar refractivity (Wildman–Crippen MR) is 154 cm³/mol. The van der Waals surface area contributed by atoms with Crippen LogP contribution in [0.2, 0.25) is 0 Å². The number of rotatable bonds is 19. The van der Waals surface area contributed by atoms with E-state index in [9.17, 15) is 0 Å². The minimum atomic E-state index is 0.367. The van der Waals surface area contributed by atoms with Crippen LogP contribution < -0.4 is 4.90 Å². The smallest absolute Gasteiger partial charge is 0.109 e. The zero-order valence-electron chi connectivity index (χ0n) is 22.4. The fourth-order valence-corrected chi connectivity index (χ4v) is 5.30. The summed E-state index contributed by atoms with van der Waals surface area (Å²) in [6, 6.07) is 21.8. The molecule has 1 heterocycles. The number of unbranched alkanes of at least 4 members (excludes halogenated alkanes) is 14. The summed E-state index contributed by atoms with van der Waals surface area (Å²) < 4.78 is 0. The van der Waals surface area contributed by atoms with Gasteiger partial charge in [-0.2, -0.15) is 0 Å². The van der Waals surface area contributed by atoms with Crippen molar-refractivity contribution in [2.75, 3.05) is 11.4 Å². The van der Waals surface area contributed by atoms with Crippen molar-refractivity contribution in [3.8, 4) is 0 Å². The summed E-state index contributed by atoms with van der Waals surface area (Å²) in [6.07, 6.45) is 27.3. The van der Waals surface area contributed by atoms with Crippen molar-refractivity contribution in [1.29, 1.82) is 0 Å². The maximum absolute atomic E-state index is 2.56. The first-order valence-corrected chi connectivity index (χ1v) is 14.7. The Balaban J connectivity index is 1.27. The lowest BCUT2D eigenvalue weighted by atomic mass is 10.0. The molecule has 0 saturated heterocycles.